The van der Waals surface area contributed by atoms with Crippen LogP contribution in [0.15, 0.2) is 17.5 Å². The zero-order valence-electron chi connectivity index (χ0n) is 11.9. The smallest absolute Gasteiger partial charge is 0.355 e. The molecule has 1 unspecified atom stereocenters. The van der Waals surface area contributed by atoms with Crippen LogP contribution in [0.25, 0.3) is 0 Å². The molecule has 0 saturated heterocycles. The fourth-order valence-electron chi connectivity index (χ4n) is 1.85. The minimum absolute atomic E-state index is 0.00992. The molecular weight excluding hydrogens is 290 g/mol. The van der Waals surface area contributed by atoms with Gasteiger partial charge < -0.3 is 10.4 Å². The summed E-state index contributed by atoms with van der Waals surface area (Å²) in [6.45, 7) is 5.40. The normalized spacial score (nSPS) is 12.0. The van der Waals surface area contributed by atoms with E-state index >= 15 is 0 Å². The maximum Gasteiger partial charge on any atom is 0.355 e. The summed E-state index contributed by atoms with van der Waals surface area (Å²) in [5.41, 5.74) is 2.00. The molecule has 2 N–H and O–H groups in total. The van der Waals surface area contributed by atoms with Crippen LogP contribution in [0.5, 0.6) is 0 Å². The molecule has 2 heterocycles. The fourth-order valence-corrected chi connectivity index (χ4v) is 2.65. The topological polar surface area (TPSA) is 92.2 Å². The number of carboxylic acid groups (broad SMARTS) is 1. The lowest BCUT2D eigenvalue weighted by molar-refractivity contribution is 0.0691. The van der Waals surface area contributed by atoms with Gasteiger partial charge in [-0.15, -0.1) is 11.3 Å². The summed E-state index contributed by atoms with van der Waals surface area (Å²) < 4.78 is 0. The van der Waals surface area contributed by atoms with Gasteiger partial charge in [0.2, 0.25) is 0 Å². The van der Waals surface area contributed by atoms with Crippen molar-refractivity contribution < 1.29 is 14.7 Å². The molecule has 2 aromatic rings. The largest absolute Gasteiger partial charge is 0.476 e. The molecule has 110 valence electrons. The second-order valence-corrected chi connectivity index (χ2v) is 5.55. The van der Waals surface area contributed by atoms with Crippen molar-refractivity contribution in [3.8, 4) is 0 Å². The van der Waals surface area contributed by atoms with Gasteiger partial charge >= 0.3 is 5.97 Å². The number of rotatable bonds is 4. The number of hydrogen-bond acceptors (Lipinski definition) is 5. The molecule has 0 spiro atoms. The van der Waals surface area contributed by atoms with Gasteiger partial charge in [0.15, 0.2) is 5.69 Å². The van der Waals surface area contributed by atoms with Crippen molar-refractivity contribution in [3.63, 3.8) is 0 Å². The Bertz CT molecular complexity index is 697. The molecule has 2 rings (SSSR count). The van der Waals surface area contributed by atoms with Crippen LogP contribution in [0.2, 0.25) is 0 Å². The quantitative estimate of drug-likeness (QED) is 0.904. The third-order valence-corrected chi connectivity index (χ3v) is 3.96. The molecule has 0 saturated carbocycles. The van der Waals surface area contributed by atoms with Crippen molar-refractivity contribution in [1.29, 1.82) is 0 Å². The summed E-state index contributed by atoms with van der Waals surface area (Å²) in [4.78, 5) is 31.2. The van der Waals surface area contributed by atoms with E-state index in [9.17, 15) is 9.59 Å². The number of nitrogens with one attached hydrogen (secondary N) is 1. The number of hydrogen-bond donors (Lipinski definition) is 2. The SMILES string of the molecule is Cc1ccc(C(=O)NC(C)c2nc(C(=O)O)cs2)c(C)n1. The van der Waals surface area contributed by atoms with E-state index in [4.69, 9.17) is 5.11 Å². The molecule has 2 aromatic heterocycles. The summed E-state index contributed by atoms with van der Waals surface area (Å²) >= 11 is 1.21. The zero-order valence-corrected chi connectivity index (χ0v) is 12.7. The molecule has 0 fully saturated rings. The Hall–Kier alpha value is -2.28. The number of carbonyl (C=O) groups is 2. The molecule has 21 heavy (non-hydrogen) atoms. The van der Waals surface area contributed by atoms with Crippen LogP contribution < -0.4 is 5.32 Å². The standard InChI is InChI=1S/C14H15N3O3S/c1-7-4-5-10(8(2)15-7)12(18)16-9(3)13-17-11(6-21-13)14(19)20/h4-6,9H,1-3H3,(H,16,18)(H,19,20). The van der Waals surface area contributed by atoms with Gasteiger partial charge in [-0.1, -0.05) is 0 Å². The minimum atomic E-state index is -1.07. The summed E-state index contributed by atoms with van der Waals surface area (Å²) in [6.07, 6.45) is 0. The Morgan fingerprint density at radius 3 is 2.57 bits per heavy atom. The van der Waals surface area contributed by atoms with Crippen LogP contribution in [-0.4, -0.2) is 27.0 Å². The predicted molar refractivity (Wildman–Crippen MR) is 78.7 cm³/mol. The van der Waals surface area contributed by atoms with Crippen molar-refractivity contribution in [3.05, 3.63) is 45.2 Å². The highest BCUT2D eigenvalue weighted by molar-refractivity contribution is 7.09. The van der Waals surface area contributed by atoms with E-state index < -0.39 is 5.97 Å². The average Bonchev–Trinajstić information content (AvgIpc) is 2.88. The second kappa shape index (κ2) is 6.01. The monoisotopic (exact) mass is 305 g/mol. The number of amides is 1. The Morgan fingerprint density at radius 2 is 2.00 bits per heavy atom. The maximum absolute atomic E-state index is 12.2. The van der Waals surface area contributed by atoms with Crippen LogP contribution >= 0.6 is 11.3 Å². The van der Waals surface area contributed by atoms with Crippen LogP contribution in [0.1, 0.15) is 50.2 Å². The lowest BCUT2D eigenvalue weighted by Gasteiger charge is -2.12. The summed E-state index contributed by atoms with van der Waals surface area (Å²) in [6, 6.07) is 3.14. The molecule has 0 radical (unpaired) electrons. The number of aromatic nitrogens is 2. The summed E-state index contributed by atoms with van der Waals surface area (Å²) in [5, 5.41) is 13.7. The third kappa shape index (κ3) is 3.43. The number of aromatic carboxylic acids is 1. The lowest BCUT2D eigenvalue weighted by Crippen LogP contribution is -2.27. The number of nitrogens with zero attached hydrogens (tertiary/aromatic N) is 2. The first-order valence-electron chi connectivity index (χ1n) is 6.32. The van der Waals surface area contributed by atoms with Gasteiger partial charge in [0.25, 0.3) is 5.91 Å². The Morgan fingerprint density at radius 1 is 1.29 bits per heavy atom. The lowest BCUT2D eigenvalue weighted by atomic mass is 10.1. The van der Waals surface area contributed by atoms with E-state index in [2.05, 4.69) is 15.3 Å². The first-order chi connectivity index (χ1) is 9.88. The third-order valence-electron chi connectivity index (χ3n) is 2.93. The fraction of sp³-hybridized carbons (Fsp3) is 0.286. The van der Waals surface area contributed by atoms with E-state index in [-0.39, 0.29) is 17.6 Å². The van der Waals surface area contributed by atoms with Gasteiger partial charge in [-0.25, -0.2) is 9.78 Å². The molecule has 1 atom stereocenters. The van der Waals surface area contributed by atoms with Crippen LogP contribution in [0.4, 0.5) is 0 Å². The van der Waals surface area contributed by atoms with E-state index in [0.717, 1.165) is 5.69 Å². The van der Waals surface area contributed by atoms with Crippen molar-refractivity contribution in [2.24, 2.45) is 0 Å². The van der Waals surface area contributed by atoms with Gasteiger partial charge in [0.05, 0.1) is 17.3 Å². The van der Waals surface area contributed by atoms with Crippen LogP contribution in [-0.2, 0) is 0 Å². The first-order valence-corrected chi connectivity index (χ1v) is 7.20. The zero-order chi connectivity index (χ0) is 15.6. The van der Waals surface area contributed by atoms with Gasteiger partial charge in [-0.2, -0.15) is 0 Å². The van der Waals surface area contributed by atoms with Crippen LogP contribution in [0.3, 0.4) is 0 Å². The van der Waals surface area contributed by atoms with Crippen molar-refractivity contribution in [2.45, 2.75) is 26.8 Å². The minimum Gasteiger partial charge on any atom is -0.476 e. The molecule has 7 heteroatoms. The highest BCUT2D eigenvalue weighted by Crippen LogP contribution is 2.19. The summed E-state index contributed by atoms with van der Waals surface area (Å²) in [5.74, 6) is -1.32. The second-order valence-electron chi connectivity index (χ2n) is 4.66. The molecular formula is C14H15N3O3S. The Kier molecular flexibility index (Phi) is 4.32. The van der Waals surface area contributed by atoms with E-state index in [1.165, 1.54) is 16.7 Å². The Balaban J connectivity index is 2.12. The molecule has 0 aliphatic rings. The number of thiazole rings is 1. The van der Waals surface area contributed by atoms with Gasteiger partial charge in [-0.05, 0) is 32.9 Å². The van der Waals surface area contributed by atoms with E-state index in [0.29, 0.717) is 16.3 Å². The number of carboxylic acids is 1. The average molecular weight is 305 g/mol. The Labute approximate surface area is 125 Å². The van der Waals surface area contributed by atoms with Crippen molar-refractivity contribution in [1.82, 2.24) is 15.3 Å². The number of carbonyl (C=O) groups excluding carboxylic acids is 1. The first kappa shape index (κ1) is 15.1. The number of pyridine rings is 1. The number of aryl methyl sites for hydroxylation is 2. The molecule has 6 nitrogen and oxygen atoms in total. The van der Waals surface area contributed by atoms with Crippen LogP contribution in [0, 0.1) is 13.8 Å². The molecule has 0 aromatic carbocycles. The van der Waals surface area contributed by atoms with Gasteiger partial charge in [-0.3, -0.25) is 9.78 Å². The van der Waals surface area contributed by atoms with Gasteiger partial charge in [0.1, 0.15) is 5.01 Å². The molecule has 1 amide bonds. The predicted octanol–water partition coefficient (Wildman–Crippen LogP) is 2.34. The molecule has 0 aliphatic heterocycles. The van der Waals surface area contributed by atoms with E-state index in [1.807, 2.05) is 6.92 Å². The van der Waals surface area contributed by atoms with E-state index in [1.54, 1.807) is 26.0 Å². The highest BCUT2D eigenvalue weighted by atomic mass is 32.1. The molecule has 0 aliphatic carbocycles. The highest BCUT2D eigenvalue weighted by Gasteiger charge is 2.18. The maximum atomic E-state index is 12.2. The van der Waals surface area contributed by atoms with Crippen molar-refractivity contribution in [2.75, 3.05) is 0 Å². The molecule has 0 bridgehead atoms. The van der Waals surface area contributed by atoms with Crippen molar-refractivity contribution >= 4 is 23.2 Å². The summed E-state index contributed by atoms with van der Waals surface area (Å²) in [7, 11) is 0. The van der Waals surface area contributed by atoms with Gasteiger partial charge in [0, 0.05) is 11.1 Å².